The fourth-order valence-electron chi connectivity index (χ4n) is 2.54. The molecule has 7 heteroatoms. The number of likely N-dealkylation sites (tertiary alicyclic amines) is 1. The van der Waals surface area contributed by atoms with Crippen LogP contribution in [-0.2, 0) is 9.59 Å². The SMILES string of the molecule is C[C@H](NC(=O)C1CCCN(C(=O)c2ccc(F)cc2)C1)C(=O)O. The largest absolute Gasteiger partial charge is 0.480 e. The van der Waals surface area contributed by atoms with Gasteiger partial charge in [-0.2, -0.15) is 0 Å². The van der Waals surface area contributed by atoms with Crippen LogP contribution in [0, 0.1) is 11.7 Å². The van der Waals surface area contributed by atoms with Crippen LogP contribution in [0.5, 0.6) is 0 Å². The number of benzene rings is 1. The van der Waals surface area contributed by atoms with Crippen molar-refractivity contribution in [1.82, 2.24) is 10.2 Å². The van der Waals surface area contributed by atoms with Gasteiger partial charge in [0.2, 0.25) is 5.91 Å². The zero-order valence-electron chi connectivity index (χ0n) is 12.8. The summed E-state index contributed by atoms with van der Waals surface area (Å²) in [5.74, 6) is -2.58. The van der Waals surface area contributed by atoms with Gasteiger partial charge in [0.1, 0.15) is 11.9 Å². The van der Waals surface area contributed by atoms with Crippen LogP contribution < -0.4 is 5.32 Å². The maximum Gasteiger partial charge on any atom is 0.325 e. The lowest BCUT2D eigenvalue weighted by atomic mass is 9.96. The number of rotatable bonds is 4. The van der Waals surface area contributed by atoms with Crippen LogP contribution in [0.1, 0.15) is 30.1 Å². The van der Waals surface area contributed by atoms with E-state index in [1.165, 1.54) is 31.2 Å². The first-order chi connectivity index (χ1) is 10.9. The van der Waals surface area contributed by atoms with Gasteiger partial charge < -0.3 is 15.3 Å². The summed E-state index contributed by atoms with van der Waals surface area (Å²) in [6.45, 7) is 2.15. The molecule has 1 aromatic carbocycles. The number of amides is 2. The van der Waals surface area contributed by atoms with Crippen LogP contribution in [0.4, 0.5) is 4.39 Å². The number of carbonyl (C=O) groups excluding carboxylic acids is 2. The molecule has 124 valence electrons. The number of nitrogens with one attached hydrogen (secondary N) is 1. The predicted molar refractivity (Wildman–Crippen MR) is 80.3 cm³/mol. The quantitative estimate of drug-likeness (QED) is 0.874. The Kier molecular flexibility index (Phi) is 5.31. The summed E-state index contributed by atoms with van der Waals surface area (Å²) in [4.78, 5) is 36.8. The lowest BCUT2D eigenvalue weighted by molar-refractivity contribution is -0.142. The normalized spacial score (nSPS) is 19.0. The van der Waals surface area contributed by atoms with E-state index in [-0.39, 0.29) is 18.4 Å². The molecule has 1 saturated heterocycles. The number of halogens is 1. The van der Waals surface area contributed by atoms with E-state index < -0.39 is 23.7 Å². The summed E-state index contributed by atoms with van der Waals surface area (Å²) in [5.41, 5.74) is 0.367. The third kappa shape index (κ3) is 4.28. The van der Waals surface area contributed by atoms with Crippen molar-refractivity contribution in [3.8, 4) is 0 Å². The summed E-state index contributed by atoms with van der Waals surface area (Å²) < 4.78 is 12.9. The van der Waals surface area contributed by atoms with E-state index >= 15 is 0 Å². The van der Waals surface area contributed by atoms with Crippen molar-refractivity contribution in [2.75, 3.05) is 13.1 Å². The molecule has 2 rings (SSSR count). The monoisotopic (exact) mass is 322 g/mol. The average molecular weight is 322 g/mol. The van der Waals surface area contributed by atoms with Crippen molar-refractivity contribution >= 4 is 17.8 Å². The number of carboxylic acids is 1. The topological polar surface area (TPSA) is 86.7 Å². The van der Waals surface area contributed by atoms with E-state index in [1.54, 1.807) is 4.90 Å². The minimum absolute atomic E-state index is 0.231. The van der Waals surface area contributed by atoms with Gasteiger partial charge in [0, 0.05) is 18.7 Å². The van der Waals surface area contributed by atoms with Crippen molar-refractivity contribution < 1.29 is 23.9 Å². The van der Waals surface area contributed by atoms with E-state index in [2.05, 4.69) is 5.32 Å². The zero-order chi connectivity index (χ0) is 17.0. The van der Waals surface area contributed by atoms with Crippen molar-refractivity contribution in [2.45, 2.75) is 25.8 Å². The van der Waals surface area contributed by atoms with E-state index in [0.717, 1.165) is 0 Å². The highest BCUT2D eigenvalue weighted by Gasteiger charge is 2.30. The first-order valence-corrected chi connectivity index (χ1v) is 7.46. The van der Waals surface area contributed by atoms with Crippen molar-refractivity contribution in [3.05, 3.63) is 35.6 Å². The summed E-state index contributed by atoms with van der Waals surface area (Å²) in [5, 5.41) is 11.3. The highest BCUT2D eigenvalue weighted by Crippen LogP contribution is 2.19. The molecule has 2 N–H and O–H groups in total. The molecular weight excluding hydrogens is 303 g/mol. The number of carbonyl (C=O) groups is 3. The number of hydrogen-bond acceptors (Lipinski definition) is 3. The number of piperidine rings is 1. The van der Waals surface area contributed by atoms with Gasteiger partial charge in [-0.25, -0.2) is 4.39 Å². The Hall–Kier alpha value is -2.44. The molecular formula is C16H19FN2O4. The number of nitrogens with zero attached hydrogens (tertiary/aromatic N) is 1. The van der Waals surface area contributed by atoms with Gasteiger partial charge in [-0.3, -0.25) is 14.4 Å². The molecule has 1 aromatic rings. The summed E-state index contributed by atoms with van der Waals surface area (Å²) in [6.07, 6.45) is 1.26. The molecule has 1 fully saturated rings. The van der Waals surface area contributed by atoms with Gasteiger partial charge >= 0.3 is 5.97 Å². The molecule has 0 aromatic heterocycles. The Morgan fingerprint density at radius 2 is 1.96 bits per heavy atom. The minimum Gasteiger partial charge on any atom is -0.480 e. The Labute approximate surface area is 133 Å². The van der Waals surface area contributed by atoms with Gasteiger partial charge in [-0.05, 0) is 44.0 Å². The molecule has 0 spiro atoms. The fraction of sp³-hybridized carbons (Fsp3) is 0.438. The molecule has 0 radical (unpaired) electrons. The predicted octanol–water partition coefficient (Wildman–Crippen LogP) is 1.27. The smallest absolute Gasteiger partial charge is 0.325 e. The Morgan fingerprint density at radius 3 is 2.57 bits per heavy atom. The summed E-state index contributed by atoms with van der Waals surface area (Å²) in [6, 6.07) is 4.29. The number of aliphatic carboxylic acids is 1. The van der Waals surface area contributed by atoms with E-state index in [1.807, 2.05) is 0 Å². The lowest BCUT2D eigenvalue weighted by Gasteiger charge is -2.32. The van der Waals surface area contributed by atoms with Gasteiger partial charge in [0.15, 0.2) is 0 Å². The van der Waals surface area contributed by atoms with Gasteiger partial charge in [0.05, 0.1) is 5.92 Å². The van der Waals surface area contributed by atoms with Gasteiger partial charge in [-0.15, -0.1) is 0 Å². The third-order valence-electron chi connectivity index (χ3n) is 3.90. The van der Waals surface area contributed by atoms with Crippen LogP contribution in [-0.4, -0.2) is 46.9 Å². The van der Waals surface area contributed by atoms with Crippen LogP contribution in [0.25, 0.3) is 0 Å². The molecule has 1 unspecified atom stereocenters. The zero-order valence-corrected chi connectivity index (χ0v) is 12.8. The molecule has 1 aliphatic rings. The highest BCUT2D eigenvalue weighted by molar-refractivity contribution is 5.94. The molecule has 2 amide bonds. The van der Waals surface area contributed by atoms with Crippen LogP contribution in [0.2, 0.25) is 0 Å². The fourth-order valence-corrected chi connectivity index (χ4v) is 2.54. The van der Waals surface area contributed by atoms with E-state index in [0.29, 0.717) is 24.9 Å². The second-order valence-corrected chi connectivity index (χ2v) is 5.67. The minimum atomic E-state index is -1.10. The maximum atomic E-state index is 12.9. The number of carboxylic acid groups (broad SMARTS) is 1. The molecule has 2 atom stereocenters. The maximum absolute atomic E-state index is 12.9. The second kappa shape index (κ2) is 7.21. The van der Waals surface area contributed by atoms with E-state index in [4.69, 9.17) is 5.11 Å². The van der Waals surface area contributed by atoms with Crippen LogP contribution in [0.15, 0.2) is 24.3 Å². The van der Waals surface area contributed by atoms with Crippen LogP contribution >= 0.6 is 0 Å². The van der Waals surface area contributed by atoms with Gasteiger partial charge in [-0.1, -0.05) is 0 Å². The Bertz CT molecular complexity index is 603. The molecule has 0 bridgehead atoms. The standard InChI is InChI=1S/C16H19FN2O4/c1-10(16(22)23)18-14(20)12-3-2-8-19(9-12)15(21)11-4-6-13(17)7-5-11/h4-7,10,12H,2-3,8-9H2,1H3,(H,18,20)(H,22,23)/t10-,12?/m0/s1. The summed E-state index contributed by atoms with van der Waals surface area (Å²) >= 11 is 0. The third-order valence-corrected chi connectivity index (χ3v) is 3.90. The second-order valence-electron chi connectivity index (χ2n) is 5.67. The van der Waals surface area contributed by atoms with Crippen LogP contribution in [0.3, 0.4) is 0 Å². The van der Waals surface area contributed by atoms with Gasteiger partial charge in [0.25, 0.3) is 5.91 Å². The number of hydrogen-bond donors (Lipinski definition) is 2. The van der Waals surface area contributed by atoms with Crippen molar-refractivity contribution in [3.63, 3.8) is 0 Å². The first-order valence-electron chi connectivity index (χ1n) is 7.46. The van der Waals surface area contributed by atoms with Crippen molar-refractivity contribution in [1.29, 1.82) is 0 Å². The molecule has 0 aliphatic carbocycles. The first kappa shape index (κ1) is 16.9. The highest BCUT2D eigenvalue weighted by atomic mass is 19.1. The molecule has 23 heavy (non-hydrogen) atoms. The van der Waals surface area contributed by atoms with Crippen molar-refractivity contribution in [2.24, 2.45) is 5.92 Å². The molecule has 6 nitrogen and oxygen atoms in total. The Balaban J connectivity index is 2.00. The molecule has 0 saturated carbocycles. The summed E-state index contributed by atoms with van der Waals surface area (Å²) in [7, 11) is 0. The van der Waals surface area contributed by atoms with E-state index in [9.17, 15) is 18.8 Å². The average Bonchev–Trinajstić information content (AvgIpc) is 2.54. The molecule has 1 heterocycles. The lowest BCUT2D eigenvalue weighted by Crippen LogP contribution is -2.48. The Morgan fingerprint density at radius 1 is 1.30 bits per heavy atom. The molecule has 1 aliphatic heterocycles.